The van der Waals surface area contributed by atoms with E-state index >= 15 is 0 Å². The van der Waals surface area contributed by atoms with E-state index in [2.05, 4.69) is 45.0 Å². The van der Waals surface area contributed by atoms with Crippen molar-refractivity contribution >= 4 is 11.6 Å². The zero-order chi connectivity index (χ0) is 11.4. The van der Waals surface area contributed by atoms with E-state index in [0.29, 0.717) is 5.92 Å². The number of alkyl halides is 1. The summed E-state index contributed by atoms with van der Waals surface area (Å²) in [7, 11) is 0. The van der Waals surface area contributed by atoms with Crippen LogP contribution in [0.2, 0.25) is 0 Å². The number of hydrogen-bond acceptors (Lipinski definition) is 0. The van der Waals surface area contributed by atoms with Gasteiger partial charge in [0.25, 0.3) is 0 Å². The molecule has 0 aliphatic heterocycles. The average Bonchev–Trinajstić information content (AvgIpc) is 2.17. The summed E-state index contributed by atoms with van der Waals surface area (Å²) < 4.78 is 0. The van der Waals surface area contributed by atoms with E-state index in [-0.39, 0.29) is 5.38 Å². The van der Waals surface area contributed by atoms with Gasteiger partial charge in [-0.25, -0.2) is 0 Å². The lowest BCUT2D eigenvalue weighted by molar-refractivity contribution is 0.646. The van der Waals surface area contributed by atoms with E-state index in [4.69, 9.17) is 11.6 Å². The van der Waals surface area contributed by atoms with Gasteiger partial charge >= 0.3 is 0 Å². The highest BCUT2D eigenvalue weighted by molar-refractivity contribution is 6.20. The standard InChI is InChI=1S/C14H21Cl/c1-10(2)9-13-5-7-14(8-6-13)11(3)12(4)15/h5-8,10-12H,9H2,1-4H3. The highest BCUT2D eigenvalue weighted by atomic mass is 35.5. The minimum Gasteiger partial charge on any atom is -0.123 e. The molecule has 0 heterocycles. The molecule has 2 unspecified atom stereocenters. The summed E-state index contributed by atoms with van der Waals surface area (Å²) >= 11 is 6.09. The lowest BCUT2D eigenvalue weighted by Gasteiger charge is -2.15. The van der Waals surface area contributed by atoms with E-state index in [1.807, 2.05) is 6.92 Å². The van der Waals surface area contributed by atoms with E-state index in [9.17, 15) is 0 Å². The second-order valence-electron chi connectivity index (χ2n) is 4.81. The molecule has 2 atom stereocenters. The molecule has 84 valence electrons. The highest BCUT2D eigenvalue weighted by Gasteiger charge is 2.11. The molecule has 0 bridgehead atoms. The summed E-state index contributed by atoms with van der Waals surface area (Å²) in [6.45, 7) is 8.72. The maximum atomic E-state index is 6.09. The molecule has 0 amide bonds. The fourth-order valence-corrected chi connectivity index (χ4v) is 1.84. The molecule has 0 saturated carbocycles. The van der Waals surface area contributed by atoms with Gasteiger partial charge in [-0.15, -0.1) is 11.6 Å². The van der Waals surface area contributed by atoms with Gasteiger partial charge in [0, 0.05) is 5.38 Å². The fourth-order valence-electron chi connectivity index (χ4n) is 1.69. The van der Waals surface area contributed by atoms with Crippen molar-refractivity contribution in [3.05, 3.63) is 35.4 Å². The zero-order valence-corrected chi connectivity index (χ0v) is 10.9. The third-order valence-electron chi connectivity index (χ3n) is 2.84. The van der Waals surface area contributed by atoms with Crippen LogP contribution in [0.3, 0.4) is 0 Å². The SMILES string of the molecule is CC(C)Cc1ccc(C(C)C(C)Cl)cc1. The Morgan fingerprint density at radius 3 is 1.93 bits per heavy atom. The third-order valence-corrected chi connectivity index (χ3v) is 3.22. The maximum Gasteiger partial charge on any atom is 0.0373 e. The van der Waals surface area contributed by atoms with Crippen LogP contribution in [0.15, 0.2) is 24.3 Å². The van der Waals surface area contributed by atoms with Crippen LogP contribution >= 0.6 is 11.6 Å². The average molecular weight is 225 g/mol. The van der Waals surface area contributed by atoms with Crippen molar-refractivity contribution < 1.29 is 0 Å². The van der Waals surface area contributed by atoms with Gasteiger partial charge in [0.2, 0.25) is 0 Å². The van der Waals surface area contributed by atoms with Crippen molar-refractivity contribution in [1.29, 1.82) is 0 Å². The van der Waals surface area contributed by atoms with Crippen molar-refractivity contribution in [3.63, 3.8) is 0 Å². The minimum atomic E-state index is 0.195. The number of hydrogen-bond donors (Lipinski definition) is 0. The lowest BCUT2D eigenvalue weighted by atomic mass is 9.95. The Labute approximate surface area is 98.7 Å². The van der Waals surface area contributed by atoms with Crippen LogP contribution in [0.1, 0.15) is 44.7 Å². The van der Waals surface area contributed by atoms with Crippen LogP contribution in [0, 0.1) is 5.92 Å². The Hall–Kier alpha value is -0.490. The number of rotatable bonds is 4. The summed E-state index contributed by atoms with van der Waals surface area (Å²) in [6, 6.07) is 8.87. The largest absolute Gasteiger partial charge is 0.123 e. The first-order chi connectivity index (χ1) is 7.00. The first-order valence-corrected chi connectivity index (χ1v) is 6.17. The summed E-state index contributed by atoms with van der Waals surface area (Å²) in [5.74, 6) is 1.15. The Balaban J connectivity index is 2.72. The first kappa shape index (κ1) is 12.6. The van der Waals surface area contributed by atoms with Gasteiger partial charge in [-0.1, -0.05) is 45.0 Å². The second kappa shape index (κ2) is 5.55. The monoisotopic (exact) mass is 224 g/mol. The molecule has 0 radical (unpaired) electrons. The van der Waals surface area contributed by atoms with Gasteiger partial charge in [-0.3, -0.25) is 0 Å². The van der Waals surface area contributed by atoms with Crippen LogP contribution in [0.5, 0.6) is 0 Å². The maximum absolute atomic E-state index is 6.09. The Morgan fingerprint density at radius 1 is 1.00 bits per heavy atom. The first-order valence-electron chi connectivity index (χ1n) is 5.73. The Kier molecular flexibility index (Phi) is 4.66. The minimum absolute atomic E-state index is 0.195. The summed E-state index contributed by atoms with van der Waals surface area (Å²) in [5, 5.41) is 0.195. The second-order valence-corrected chi connectivity index (χ2v) is 5.49. The highest BCUT2D eigenvalue weighted by Crippen LogP contribution is 2.23. The van der Waals surface area contributed by atoms with Crippen LogP contribution in [0.25, 0.3) is 0 Å². The van der Waals surface area contributed by atoms with Crippen molar-refractivity contribution in [2.24, 2.45) is 5.92 Å². The molecule has 1 heteroatoms. The Bertz CT molecular complexity index is 285. The van der Waals surface area contributed by atoms with Gasteiger partial charge in [0.05, 0.1) is 0 Å². The third kappa shape index (κ3) is 3.87. The molecule has 1 aromatic carbocycles. The molecule has 0 aromatic heterocycles. The summed E-state index contributed by atoms with van der Waals surface area (Å²) in [5.41, 5.74) is 2.76. The number of halogens is 1. The van der Waals surface area contributed by atoms with Crippen LogP contribution < -0.4 is 0 Å². The fraction of sp³-hybridized carbons (Fsp3) is 0.571. The predicted molar refractivity (Wildman–Crippen MR) is 68.7 cm³/mol. The molecule has 0 aliphatic carbocycles. The molecule has 15 heavy (non-hydrogen) atoms. The zero-order valence-electron chi connectivity index (χ0n) is 10.1. The van der Waals surface area contributed by atoms with Gasteiger partial charge in [-0.05, 0) is 36.3 Å². The summed E-state index contributed by atoms with van der Waals surface area (Å²) in [4.78, 5) is 0. The molecule has 0 saturated heterocycles. The van der Waals surface area contributed by atoms with Gasteiger partial charge in [0.1, 0.15) is 0 Å². The quantitative estimate of drug-likeness (QED) is 0.655. The van der Waals surface area contributed by atoms with E-state index < -0.39 is 0 Å². The summed E-state index contributed by atoms with van der Waals surface area (Å²) in [6.07, 6.45) is 1.16. The smallest absolute Gasteiger partial charge is 0.0373 e. The number of benzene rings is 1. The van der Waals surface area contributed by atoms with E-state index in [1.54, 1.807) is 0 Å². The molecule has 0 fully saturated rings. The van der Waals surface area contributed by atoms with E-state index in [1.165, 1.54) is 11.1 Å². The molecular weight excluding hydrogens is 204 g/mol. The molecule has 0 aliphatic rings. The molecule has 0 N–H and O–H groups in total. The van der Waals surface area contributed by atoms with Crippen molar-refractivity contribution in [1.82, 2.24) is 0 Å². The van der Waals surface area contributed by atoms with Crippen molar-refractivity contribution in [2.75, 3.05) is 0 Å². The molecule has 0 nitrogen and oxygen atoms in total. The van der Waals surface area contributed by atoms with Gasteiger partial charge in [0.15, 0.2) is 0 Å². The Morgan fingerprint density at radius 2 is 1.53 bits per heavy atom. The molecule has 1 aromatic rings. The molecular formula is C14H21Cl. The molecule has 1 rings (SSSR count). The van der Waals surface area contributed by atoms with Gasteiger partial charge in [-0.2, -0.15) is 0 Å². The lowest BCUT2D eigenvalue weighted by Crippen LogP contribution is -2.05. The topological polar surface area (TPSA) is 0 Å². The van der Waals surface area contributed by atoms with Crippen molar-refractivity contribution in [3.8, 4) is 0 Å². The predicted octanol–water partition coefficient (Wildman–Crippen LogP) is 4.62. The molecule has 0 spiro atoms. The van der Waals surface area contributed by atoms with Crippen molar-refractivity contribution in [2.45, 2.75) is 45.4 Å². The van der Waals surface area contributed by atoms with Crippen LogP contribution in [0.4, 0.5) is 0 Å². The van der Waals surface area contributed by atoms with Crippen LogP contribution in [-0.2, 0) is 6.42 Å². The normalized spacial score (nSPS) is 15.3. The van der Waals surface area contributed by atoms with Gasteiger partial charge < -0.3 is 0 Å². The van der Waals surface area contributed by atoms with Crippen LogP contribution in [-0.4, -0.2) is 5.38 Å². The van der Waals surface area contributed by atoms with E-state index in [0.717, 1.165) is 12.3 Å².